The standard InChI is InChI=1S/C14H25NO/c1-10(2)15-9-8-12-6-4-11(3)5-7-13(12)14(15)16/h10-13H,4-9H2,1-3H3. The summed E-state index contributed by atoms with van der Waals surface area (Å²) in [7, 11) is 0. The summed E-state index contributed by atoms with van der Waals surface area (Å²) in [5, 5.41) is 0. The van der Waals surface area contributed by atoms with E-state index in [1.54, 1.807) is 0 Å². The van der Waals surface area contributed by atoms with Crippen molar-refractivity contribution in [2.75, 3.05) is 6.54 Å². The lowest BCUT2D eigenvalue weighted by atomic mass is 9.81. The summed E-state index contributed by atoms with van der Waals surface area (Å²) in [5.41, 5.74) is 0. The van der Waals surface area contributed by atoms with Gasteiger partial charge in [-0.1, -0.05) is 13.3 Å². The van der Waals surface area contributed by atoms with Gasteiger partial charge in [-0.2, -0.15) is 0 Å². The second kappa shape index (κ2) is 4.77. The first-order valence-corrected chi connectivity index (χ1v) is 6.90. The molecule has 0 aromatic rings. The highest BCUT2D eigenvalue weighted by Gasteiger charge is 2.38. The van der Waals surface area contributed by atoms with Crippen molar-refractivity contribution in [1.29, 1.82) is 0 Å². The molecule has 0 N–H and O–H groups in total. The van der Waals surface area contributed by atoms with Crippen LogP contribution in [0.25, 0.3) is 0 Å². The van der Waals surface area contributed by atoms with Crippen LogP contribution in [0.5, 0.6) is 0 Å². The first-order valence-electron chi connectivity index (χ1n) is 6.90. The Hall–Kier alpha value is -0.530. The SMILES string of the molecule is CC1CCC2CCN(C(C)C)C(=O)C2CC1. The summed E-state index contributed by atoms with van der Waals surface area (Å²) in [6.07, 6.45) is 6.23. The van der Waals surface area contributed by atoms with Crippen molar-refractivity contribution in [2.45, 2.75) is 58.9 Å². The highest BCUT2D eigenvalue weighted by Crippen LogP contribution is 2.38. The molecule has 2 heteroatoms. The molecule has 1 aliphatic heterocycles. The molecule has 1 aliphatic carbocycles. The van der Waals surface area contributed by atoms with Gasteiger partial charge in [0.15, 0.2) is 0 Å². The fourth-order valence-electron chi connectivity index (χ4n) is 3.36. The Bertz CT molecular complexity index is 261. The molecule has 1 heterocycles. The van der Waals surface area contributed by atoms with Crippen LogP contribution in [-0.4, -0.2) is 23.4 Å². The molecule has 0 radical (unpaired) electrons. The minimum Gasteiger partial charge on any atom is -0.340 e. The molecule has 1 saturated heterocycles. The van der Waals surface area contributed by atoms with E-state index in [0.717, 1.165) is 18.9 Å². The zero-order chi connectivity index (χ0) is 11.7. The van der Waals surface area contributed by atoms with Crippen LogP contribution in [0.4, 0.5) is 0 Å². The third-order valence-electron chi connectivity index (χ3n) is 4.53. The summed E-state index contributed by atoms with van der Waals surface area (Å²) < 4.78 is 0. The number of rotatable bonds is 1. The highest BCUT2D eigenvalue weighted by atomic mass is 16.2. The van der Waals surface area contributed by atoms with Gasteiger partial charge in [-0.3, -0.25) is 4.79 Å². The van der Waals surface area contributed by atoms with Crippen LogP contribution in [0.15, 0.2) is 0 Å². The molecule has 0 bridgehead atoms. The van der Waals surface area contributed by atoms with Gasteiger partial charge in [0.2, 0.25) is 5.91 Å². The molecule has 0 spiro atoms. The maximum atomic E-state index is 12.4. The van der Waals surface area contributed by atoms with Crippen molar-refractivity contribution in [1.82, 2.24) is 4.90 Å². The number of nitrogens with zero attached hydrogens (tertiary/aromatic N) is 1. The lowest BCUT2D eigenvalue weighted by Crippen LogP contribution is -2.48. The Morgan fingerprint density at radius 3 is 2.50 bits per heavy atom. The molecule has 2 fully saturated rings. The van der Waals surface area contributed by atoms with E-state index in [4.69, 9.17) is 0 Å². The van der Waals surface area contributed by atoms with Gasteiger partial charge in [0.25, 0.3) is 0 Å². The third-order valence-corrected chi connectivity index (χ3v) is 4.53. The number of fused-ring (bicyclic) bond motifs is 1. The lowest BCUT2D eigenvalue weighted by molar-refractivity contribution is -0.143. The maximum absolute atomic E-state index is 12.4. The number of likely N-dealkylation sites (tertiary alicyclic amines) is 1. The van der Waals surface area contributed by atoms with Crippen LogP contribution in [0, 0.1) is 17.8 Å². The van der Waals surface area contributed by atoms with E-state index in [0.29, 0.717) is 23.8 Å². The number of hydrogen-bond acceptors (Lipinski definition) is 1. The molecule has 2 aliphatic rings. The minimum atomic E-state index is 0.348. The number of hydrogen-bond donors (Lipinski definition) is 0. The molecular formula is C14H25NO. The van der Waals surface area contributed by atoms with Crippen LogP contribution >= 0.6 is 0 Å². The lowest BCUT2D eigenvalue weighted by Gasteiger charge is -2.39. The molecular weight excluding hydrogens is 198 g/mol. The second-order valence-electron chi connectivity index (χ2n) is 6.04. The van der Waals surface area contributed by atoms with E-state index in [-0.39, 0.29) is 0 Å². The average Bonchev–Trinajstić information content (AvgIpc) is 2.41. The van der Waals surface area contributed by atoms with Gasteiger partial charge in [-0.15, -0.1) is 0 Å². The number of carbonyl (C=O) groups is 1. The molecule has 0 aromatic carbocycles. The molecule has 2 rings (SSSR count). The molecule has 92 valence electrons. The van der Waals surface area contributed by atoms with Crippen LogP contribution in [-0.2, 0) is 4.79 Å². The summed E-state index contributed by atoms with van der Waals surface area (Å²) >= 11 is 0. The topological polar surface area (TPSA) is 20.3 Å². The maximum Gasteiger partial charge on any atom is 0.226 e. The first-order chi connectivity index (χ1) is 7.59. The van der Waals surface area contributed by atoms with Gasteiger partial charge in [0, 0.05) is 18.5 Å². The Balaban J connectivity index is 2.08. The molecule has 3 unspecified atom stereocenters. The van der Waals surface area contributed by atoms with E-state index >= 15 is 0 Å². The fourth-order valence-corrected chi connectivity index (χ4v) is 3.36. The van der Waals surface area contributed by atoms with Gasteiger partial charge in [0.05, 0.1) is 0 Å². The summed E-state index contributed by atoms with van der Waals surface area (Å²) in [4.78, 5) is 14.5. The van der Waals surface area contributed by atoms with Gasteiger partial charge in [-0.05, 0) is 51.4 Å². The molecule has 16 heavy (non-hydrogen) atoms. The first kappa shape index (κ1) is 11.9. The van der Waals surface area contributed by atoms with E-state index in [9.17, 15) is 4.79 Å². The monoisotopic (exact) mass is 223 g/mol. The zero-order valence-corrected chi connectivity index (χ0v) is 10.9. The van der Waals surface area contributed by atoms with Crippen molar-refractivity contribution in [2.24, 2.45) is 17.8 Å². The minimum absolute atomic E-state index is 0.348. The summed E-state index contributed by atoms with van der Waals surface area (Å²) in [6, 6.07) is 0.383. The van der Waals surface area contributed by atoms with Crippen molar-refractivity contribution >= 4 is 5.91 Å². The van der Waals surface area contributed by atoms with E-state index in [2.05, 4.69) is 25.7 Å². The Labute approximate surface area is 99.4 Å². The average molecular weight is 223 g/mol. The van der Waals surface area contributed by atoms with Gasteiger partial charge < -0.3 is 4.90 Å². The predicted molar refractivity (Wildman–Crippen MR) is 66.1 cm³/mol. The highest BCUT2D eigenvalue weighted by molar-refractivity contribution is 5.80. The number of carbonyl (C=O) groups excluding carboxylic acids is 1. The Morgan fingerprint density at radius 2 is 1.81 bits per heavy atom. The van der Waals surface area contributed by atoms with Crippen LogP contribution in [0.1, 0.15) is 52.9 Å². The van der Waals surface area contributed by atoms with Crippen LogP contribution in [0.2, 0.25) is 0 Å². The van der Waals surface area contributed by atoms with Crippen molar-refractivity contribution in [3.8, 4) is 0 Å². The number of piperidine rings is 1. The van der Waals surface area contributed by atoms with Gasteiger partial charge in [0.1, 0.15) is 0 Å². The van der Waals surface area contributed by atoms with E-state index < -0.39 is 0 Å². The predicted octanol–water partition coefficient (Wildman–Crippen LogP) is 3.07. The zero-order valence-electron chi connectivity index (χ0n) is 10.9. The molecule has 3 atom stereocenters. The van der Waals surface area contributed by atoms with E-state index in [1.807, 2.05) is 0 Å². The molecule has 1 amide bonds. The second-order valence-corrected chi connectivity index (χ2v) is 6.04. The Kier molecular flexibility index (Phi) is 3.56. The van der Waals surface area contributed by atoms with Crippen LogP contribution < -0.4 is 0 Å². The van der Waals surface area contributed by atoms with Gasteiger partial charge >= 0.3 is 0 Å². The normalized spacial score (nSPS) is 36.1. The fraction of sp³-hybridized carbons (Fsp3) is 0.929. The van der Waals surface area contributed by atoms with Gasteiger partial charge in [-0.25, -0.2) is 0 Å². The van der Waals surface area contributed by atoms with Crippen LogP contribution in [0.3, 0.4) is 0 Å². The summed E-state index contributed by atoms with van der Waals surface area (Å²) in [5.74, 6) is 2.31. The largest absolute Gasteiger partial charge is 0.340 e. The number of amides is 1. The Morgan fingerprint density at radius 1 is 1.12 bits per heavy atom. The third kappa shape index (κ3) is 2.26. The van der Waals surface area contributed by atoms with Crippen molar-refractivity contribution in [3.05, 3.63) is 0 Å². The molecule has 2 nitrogen and oxygen atoms in total. The smallest absolute Gasteiger partial charge is 0.226 e. The molecule has 1 saturated carbocycles. The summed E-state index contributed by atoms with van der Waals surface area (Å²) in [6.45, 7) is 7.60. The van der Waals surface area contributed by atoms with Crippen molar-refractivity contribution in [3.63, 3.8) is 0 Å². The van der Waals surface area contributed by atoms with E-state index in [1.165, 1.54) is 25.7 Å². The van der Waals surface area contributed by atoms with Crippen molar-refractivity contribution < 1.29 is 4.79 Å². The molecule has 0 aromatic heterocycles. The quantitative estimate of drug-likeness (QED) is 0.669.